The number of thioether (sulfide) groups is 1. The third-order valence-electron chi connectivity index (χ3n) is 4.92. The zero-order valence-electron chi connectivity index (χ0n) is 16.5. The van der Waals surface area contributed by atoms with Gasteiger partial charge in [-0.05, 0) is 24.5 Å². The summed E-state index contributed by atoms with van der Waals surface area (Å²) in [5.74, 6) is 0.371. The zero-order chi connectivity index (χ0) is 21.2. The Bertz CT molecular complexity index is 1300. The molecule has 0 spiro atoms. The van der Waals surface area contributed by atoms with Crippen LogP contribution in [-0.4, -0.2) is 37.7 Å². The van der Waals surface area contributed by atoms with E-state index in [4.69, 9.17) is 4.42 Å². The molecule has 9 heteroatoms. The maximum Gasteiger partial charge on any atom is 0.277 e. The van der Waals surface area contributed by atoms with Gasteiger partial charge in [0.15, 0.2) is 5.69 Å². The van der Waals surface area contributed by atoms with Crippen molar-refractivity contribution in [2.45, 2.75) is 30.7 Å². The topological polar surface area (TPSA) is 103 Å². The first-order valence-electron chi connectivity index (χ1n) is 9.97. The summed E-state index contributed by atoms with van der Waals surface area (Å²) < 4.78 is 7.19. The molecular weight excluding hydrogens is 414 g/mol. The molecule has 156 valence electrons. The third kappa shape index (κ3) is 4.36. The number of amides is 1. The molecule has 1 amide bonds. The van der Waals surface area contributed by atoms with E-state index in [1.54, 1.807) is 6.07 Å². The number of fused-ring (bicyclic) bond motifs is 1. The summed E-state index contributed by atoms with van der Waals surface area (Å²) >= 11 is 1.18. The van der Waals surface area contributed by atoms with Gasteiger partial charge in [-0.15, -0.1) is 10.2 Å². The quantitative estimate of drug-likeness (QED) is 0.447. The van der Waals surface area contributed by atoms with Crippen LogP contribution in [0.25, 0.3) is 22.4 Å². The summed E-state index contributed by atoms with van der Waals surface area (Å²) in [4.78, 5) is 24.9. The van der Waals surface area contributed by atoms with Crippen molar-refractivity contribution in [2.75, 3.05) is 5.75 Å². The van der Waals surface area contributed by atoms with Crippen molar-refractivity contribution in [3.8, 4) is 11.6 Å². The molecule has 1 fully saturated rings. The first kappa shape index (κ1) is 19.5. The Morgan fingerprint density at radius 3 is 2.58 bits per heavy atom. The van der Waals surface area contributed by atoms with Gasteiger partial charge in [-0.3, -0.25) is 9.59 Å². The lowest BCUT2D eigenvalue weighted by Crippen LogP contribution is -2.26. The van der Waals surface area contributed by atoms with E-state index in [2.05, 4.69) is 20.6 Å². The first-order valence-corrected chi connectivity index (χ1v) is 11.0. The van der Waals surface area contributed by atoms with Gasteiger partial charge in [0.05, 0.1) is 17.7 Å². The molecule has 1 aliphatic rings. The molecule has 0 atom stereocenters. The molecule has 2 heterocycles. The Labute approximate surface area is 181 Å². The van der Waals surface area contributed by atoms with Gasteiger partial charge in [-0.25, -0.2) is 4.68 Å². The van der Waals surface area contributed by atoms with Gasteiger partial charge >= 0.3 is 0 Å². The fourth-order valence-electron chi connectivity index (χ4n) is 3.24. The van der Waals surface area contributed by atoms with Crippen LogP contribution in [0.2, 0.25) is 0 Å². The first-order chi connectivity index (χ1) is 15.2. The molecule has 4 aromatic rings. The minimum atomic E-state index is -0.186. The number of benzene rings is 2. The van der Waals surface area contributed by atoms with Gasteiger partial charge in [-0.1, -0.05) is 60.3 Å². The Morgan fingerprint density at radius 2 is 1.81 bits per heavy atom. The fourth-order valence-corrected chi connectivity index (χ4v) is 3.82. The molecule has 5 rings (SSSR count). The lowest BCUT2D eigenvalue weighted by molar-refractivity contribution is -0.118. The van der Waals surface area contributed by atoms with Gasteiger partial charge in [0.2, 0.25) is 5.91 Å². The lowest BCUT2D eigenvalue weighted by atomic mass is 10.1. The summed E-state index contributed by atoms with van der Waals surface area (Å²) in [5.41, 5.74) is 1.21. The van der Waals surface area contributed by atoms with Crippen LogP contribution in [0.5, 0.6) is 0 Å². The van der Waals surface area contributed by atoms with Crippen LogP contribution in [0.15, 0.2) is 69.0 Å². The van der Waals surface area contributed by atoms with Crippen LogP contribution in [0.4, 0.5) is 0 Å². The Hall–Kier alpha value is -3.46. The SMILES string of the molecule is O=C(CSc1nnc(-c2nn(Cc3ccccc3)c(=O)c3ccccc23)o1)NC1CC1. The Kier molecular flexibility index (Phi) is 5.25. The third-order valence-corrected chi connectivity index (χ3v) is 5.74. The van der Waals surface area contributed by atoms with Crippen LogP contribution in [-0.2, 0) is 11.3 Å². The largest absolute Gasteiger partial charge is 0.409 e. The second kappa shape index (κ2) is 8.35. The van der Waals surface area contributed by atoms with Gasteiger partial charge in [0, 0.05) is 11.4 Å². The van der Waals surface area contributed by atoms with Crippen molar-refractivity contribution < 1.29 is 9.21 Å². The molecule has 1 N–H and O–H groups in total. The standard InChI is InChI=1S/C22H19N5O3S/c28-18(23-15-10-11-15)13-31-22-25-24-20(30-22)19-16-8-4-5-9-17(16)21(29)27(26-19)12-14-6-2-1-3-7-14/h1-9,15H,10-13H2,(H,23,28). The molecular formula is C22H19N5O3S. The number of nitrogens with zero attached hydrogens (tertiary/aromatic N) is 4. The molecule has 1 aliphatic carbocycles. The molecule has 8 nitrogen and oxygen atoms in total. The number of hydrogen-bond donors (Lipinski definition) is 1. The minimum Gasteiger partial charge on any atom is -0.409 e. The van der Waals surface area contributed by atoms with E-state index in [-0.39, 0.29) is 28.3 Å². The van der Waals surface area contributed by atoms with E-state index < -0.39 is 0 Å². The highest BCUT2D eigenvalue weighted by Gasteiger charge is 2.24. The van der Waals surface area contributed by atoms with E-state index in [0.717, 1.165) is 18.4 Å². The van der Waals surface area contributed by atoms with E-state index in [1.807, 2.05) is 48.5 Å². The summed E-state index contributed by atoms with van der Waals surface area (Å²) in [6, 6.07) is 17.2. The highest BCUT2D eigenvalue weighted by molar-refractivity contribution is 7.99. The van der Waals surface area contributed by atoms with Crippen LogP contribution in [0, 0.1) is 0 Å². The van der Waals surface area contributed by atoms with Crippen molar-refractivity contribution in [2.24, 2.45) is 0 Å². The van der Waals surface area contributed by atoms with Crippen molar-refractivity contribution in [3.63, 3.8) is 0 Å². The van der Waals surface area contributed by atoms with Gasteiger partial charge in [0.25, 0.3) is 16.7 Å². The maximum atomic E-state index is 13.0. The lowest BCUT2D eigenvalue weighted by Gasteiger charge is -2.09. The number of carbonyl (C=O) groups excluding carboxylic acids is 1. The summed E-state index contributed by atoms with van der Waals surface area (Å²) in [7, 11) is 0. The van der Waals surface area contributed by atoms with E-state index in [0.29, 0.717) is 29.1 Å². The Morgan fingerprint density at radius 1 is 1.06 bits per heavy atom. The average Bonchev–Trinajstić information content (AvgIpc) is 3.48. The predicted octanol–water partition coefficient (Wildman–Crippen LogP) is 2.87. The highest BCUT2D eigenvalue weighted by Crippen LogP contribution is 2.27. The Balaban J connectivity index is 1.46. The van der Waals surface area contributed by atoms with Crippen LogP contribution in [0.1, 0.15) is 18.4 Å². The molecule has 1 saturated carbocycles. The monoisotopic (exact) mass is 433 g/mol. The molecule has 2 aromatic carbocycles. The predicted molar refractivity (Wildman–Crippen MR) is 117 cm³/mol. The normalized spacial score (nSPS) is 13.4. The van der Waals surface area contributed by atoms with Crippen molar-refractivity contribution in [1.29, 1.82) is 0 Å². The number of aromatic nitrogens is 4. The van der Waals surface area contributed by atoms with Crippen LogP contribution < -0.4 is 10.9 Å². The molecule has 31 heavy (non-hydrogen) atoms. The molecule has 0 radical (unpaired) electrons. The molecule has 2 aromatic heterocycles. The number of carbonyl (C=O) groups is 1. The van der Waals surface area contributed by atoms with E-state index in [9.17, 15) is 9.59 Å². The molecule has 0 aliphatic heterocycles. The van der Waals surface area contributed by atoms with Gasteiger partial charge < -0.3 is 9.73 Å². The summed E-state index contributed by atoms with van der Waals surface area (Å²) in [5, 5.41) is 17.1. The number of nitrogens with one attached hydrogen (secondary N) is 1. The summed E-state index contributed by atoms with van der Waals surface area (Å²) in [6.07, 6.45) is 2.08. The van der Waals surface area contributed by atoms with Crippen LogP contribution in [0.3, 0.4) is 0 Å². The smallest absolute Gasteiger partial charge is 0.277 e. The second-order valence-corrected chi connectivity index (χ2v) is 8.27. The fraction of sp³-hybridized carbons (Fsp3) is 0.227. The molecule has 0 unspecified atom stereocenters. The average molecular weight is 433 g/mol. The number of rotatable bonds is 7. The molecule has 0 saturated heterocycles. The molecule has 0 bridgehead atoms. The van der Waals surface area contributed by atoms with E-state index >= 15 is 0 Å². The zero-order valence-corrected chi connectivity index (χ0v) is 17.3. The van der Waals surface area contributed by atoms with Crippen molar-refractivity contribution >= 4 is 28.4 Å². The van der Waals surface area contributed by atoms with Crippen LogP contribution >= 0.6 is 11.8 Å². The number of hydrogen-bond acceptors (Lipinski definition) is 7. The maximum absolute atomic E-state index is 13.0. The van der Waals surface area contributed by atoms with Gasteiger partial charge in [-0.2, -0.15) is 5.10 Å². The van der Waals surface area contributed by atoms with Crippen molar-refractivity contribution in [1.82, 2.24) is 25.3 Å². The second-order valence-electron chi connectivity index (χ2n) is 7.35. The minimum absolute atomic E-state index is 0.0489. The summed E-state index contributed by atoms with van der Waals surface area (Å²) in [6.45, 7) is 0.328. The van der Waals surface area contributed by atoms with Crippen molar-refractivity contribution in [3.05, 3.63) is 70.5 Å². The van der Waals surface area contributed by atoms with Gasteiger partial charge in [0.1, 0.15) is 0 Å². The highest BCUT2D eigenvalue weighted by atomic mass is 32.2. The van der Waals surface area contributed by atoms with E-state index in [1.165, 1.54) is 16.4 Å².